The molecule has 1 atom stereocenters. The molecule has 6 heteroatoms. The van der Waals surface area contributed by atoms with Crippen molar-refractivity contribution in [3.8, 4) is 0 Å². The molecule has 1 aromatic heterocycles. The minimum Gasteiger partial charge on any atom is -0.393 e. The summed E-state index contributed by atoms with van der Waals surface area (Å²) in [7, 11) is 0. The highest BCUT2D eigenvalue weighted by atomic mass is 16.6. The Hall–Kier alpha value is -1.43. The van der Waals surface area contributed by atoms with E-state index >= 15 is 0 Å². The Kier molecular flexibility index (Phi) is 3.05. The van der Waals surface area contributed by atoms with Crippen LogP contribution in [-0.4, -0.2) is 44.4 Å². The molecule has 1 aliphatic carbocycles. The number of aliphatic hydroxyl groups is 1. The SMILES string of the molecule is Cc1nonc1CC(=O)N1CCC(O)CC12CCC2. The van der Waals surface area contributed by atoms with Gasteiger partial charge < -0.3 is 10.0 Å². The van der Waals surface area contributed by atoms with Crippen molar-refractivity contribution in [3.63, 3.8) is 0 Å². The first-order valence-corrected chi connectivity index (χ1v) is 6.87. The number of likely N-dealkylation sites (tertiary alicyclic amines) is 1. The van der Waals surface area contributed by atoms with Gasteiger partial charge in [-0.2, -0.15) is 0 Å². The minimum atomic E-state index is -0.264. The number of carbonyl (C=O) groups excluding carboxylic acids is 1. The summed E-state index contributed by atoms with van der Waals surface area (Å²) in [6.45, 7) is 2.43. The van der Waals surface area contributed by atoms with Crippen LogP contribution in [0.2, 0.25) is 0 Å². The van der Waals surface area contributed by atoms with Crippen LogP contribution in [0.4, 0.5) is 0 Å². The monoisotopic (exact) mass is 265 g/mol. The van der Waals surface area contributed by atoms with Crippen molar-refractivity contribution in [3.05, 3.63) is 11.4 Å². The molecule has 6 nitrogen and oxygen atoms in total. The van der Waals surface area contributed by atoms with Crippen LogP contribution in [0.25, 0.3) is 0 Å². The first-order chi connectivity index (χ1) is 9.11. The van der Waals surface area contributed by atoms with Crippen LogP contribution in [0.1, 0.15) is 43.5 Å². The van der Waals surface area contributed by atoms with Gasteiger partial charge in [-0.15, -0.1) is 0 Å². The average molecular weight is 265 g/mol. The Balaban J connectivity index is 1.73. The highest BCUT2D eigenvalue weighted by Gasteiger charge is 2.48. The lowest BCUT2D eigenvalue weighted by Gasteiger charge is -2.54. The van der Waals surface area contributed by atoms with Gasteiger partial charge in [0.15, 0.2) is 0 Å². The zero-order chi connectivity index (χ0) is 13.5. The number of aryl methyl sites for hydroxylation is 1. The number of carbonyl (C=O) groups is 1. The number of aromatic nitrogens is 2. The van der Waals surface area contributed by atoms with Crippen molar-refractivity contribution in [2.45, 2.75) is 57.1 Å². The van der Waals surface area contributed by atoms with E-state index in [-0.39, 0.29) is 24.0 Å². The second-order valence-electron chi connectivity index (χ2n) is 5.74. The van der Waals surface area contributed by atoms with Crippen molar-refractivity contribution < 1.29 is 14.5 Å². The normalized spacial score (nSPS) is 25.4. The highest BCUT2D eigenvalue weighted by molar-refractivity contribution is 5.79. The van der Waals surface area contributed by atoms with Gasteiger partial charge >= 0.3 is 0 Å². The second kappa shape index (κ2) is 4.59. The smallest absolute Gasteiger partial charge is 0.229 e. The molecule has 3 rings (SSSR count). The van der Waals surface area contributed by atoms with Crippen LogP contribution in [0.15, 0.2) is 4.63 Å². The van der Waals surface area contributed by atoms with Crippen molar-refractivity contribution in [1.82, 2.24) is 15.2 Å². The molecule has 0 bridgehead atoms. The molecule has 0 radical (unpaired) electrons. The van der Waals surface area contributed by atoms with Crippen LogP contribution >= 0.6 is 0 Å². The summed E-state index contributed by atoms with van der Waals surface area (Å²) in [5.41, 5.74) is 1.19. The number of nitrogens with zero attached hydrogens (tertiary/aromatic N) is 3. The van der Waals surface area contributed by atoms with Gasteiger partial charge in [0.05, 0.1) is 12.5 Å². The molecule has 1 saturated carbocycles. The predicted octanol–water partition coefficient (Wildman–Crippen LogP) is 0.827. The summed E-state index contributed by atoms with van der Waals surface area (Å²) in [6, 6.07) is 0. The molecule has 104 valence electrons. The third kappa shape index (κ3) is 2.14. The fourth-order valence-electron chi connectivity index (χ4n) is 3.26. The van der Waals surface area contributed by atoms with Crippen LogP contribution in [0.5, 0.6) is 0 Å². The molecule has 2 fully saturated rings. The molecular formula is C13H19N3O3. The van der Waals surface area contributed by atoms with E-state index in [4.69, 9.17) is 0 Å². The Labute approximate surface area is 111 Å². The van der Waals surface area contributed by atoms with Gasteiger partial charge in [-0.25, -0.2) is 4.63 Å². The van der Waals surface area contributed by atoms with Gasteiger partial charge in [0.25, 0.3) is 0 Å². The molecule has 2 heterocycles. The van der Waals surface area contributed by atoms with E-state index in [2.05, 4.69) is 14.9 Å². The fourth-order valence-corrected chi connectivity index (χ4v) is 3.26. The summed E-state index contributed by atoms with van der Waals surface area (Å²) in [6.07, 6.45) is 4.52. The number of piperidine rings is 1. The second-order valence-corrected chi connectivity index (χ2v) is 5.74. The van der Waals surface area contributed by atoms with E-state index in [1.54, 1.807) is 6.92 Å². The molecule has 1 aromatic rings. The molecule has 1 saturated heterocycles. The van der Waals surface area contributed by atoms with Gasteiger partial charge in [0.1, 0.15) is 11.4 Å². The number of hydrogen-bond donors (Lipinski definition) is 1. The number of hydrogen-bond acceptors (Lipinski definition) is 5. The molecule has 2 aliphatic rings. The zero-order valence-corrected chi connectivity index (χ0v) is 11.1. The maximum Gasteiger partial charge on any atom is 0.229 e. The predicted molar refractivity (Wildman–Crippen MR) is 66.3 cm³/mol. The first kappa shape index (κ1) is 12.6. The van der Waals surface area contributed by atoms with E-state index in [0.717, 1.165) is 25.7 Å². The van der Waals surface area contributed by atoms with E-state index in [1.807, 2.05) is 4.90 Å². The van der Waals surface area contributed by atoms with Crippen molar-refractivity contribution >= 4 is 5.91 Å². The number of aliphatic hydroxyl groups excluding tert-OH is 1. The molecule has 19 heavy (non-hydrogen) atoms. The lowest BCUT2D eigenvalue weighted by molar-refractivity contribution is -0.149. The summed E-state index contributed by atoms with van der Waals surface area (Å²) >= 11 is 0. The standard InChI is InChI=1S/C13H19N3O3/c1-9-11(15-19-14-9)7-12(18)16-6-3-10(17)8-13(16)4-2-5-13/h10,17H,2-8H2,1H3. The van der Waals surface area contributed by atoms with Crippen molar-refractivity contribution in [2.75, 3.05) is 6.54 Å². The number of amides is 1. The molecular weight excluding hydrogens is 246 g/mol. The van der Waals surface area contributed by atoms with Crippen LogP contribution in [0.3, 0.4) is 0 Å². The molecule has 1 aliphatic heterocycles. The number of rotatable bonds is 2. The maximum absolute atomic E-state index is 12.5. The largest absolute Gasteiger partial charge is 0.393 e. The van der Waals surface area contributed by atoms with Crippen LogP contribution in [-0.2, 0) is 11.2 Å². The summed E-state index contributed by atoms with van der Waals surface area (Å²) in [5, 5.41) is 17.3. The maximum atomic E-state index is 12.5. The molecule has 1 amide bonds. The van der Waals surface area contributed by atoms with Crippen LogP contribution in [0, 0.1) is 6.92 Å². The quantitative estimate of drug-likeness (QED) is 0.856. The summed E-state index contributed by atoms with van der Waals surface area (Å²) in [5.74, 6) is 0.0744. The van der Waals surface area contributed by atoms with Crippen molar-refractivity contribution in [2.24, 2.45) is 0 Å². The first-order valence-electron chi connectivity index (χ1n) is 6.87. The lowest BCUT2D eigenvalue weighted by Crippen LogP contribution is -2.61. The van der Waals surface area contributed by atoms with Gasteiger partial charge in [0.2, 0.25) is 5.91 Å². The Morgan fingerprint density at radius 1 is 1.53 bits per heavy atom. The molecule has 0 aromatic carbocycles. The van der Waals surface area contributed by atoms with Crippen LogP contribution < -0.4 is 0 Å². The third-order valence-corrected chi connectivity index (χ3v) is 4.52. The van der Waals surface area contributed by atoms with E-state index < -0.39 is 0 Å². The van der Waals surface area contributed by atoms with Gasteiger partial charge in [0, 0.05) is 12.1 Å². The van der Waals surface area contributed by atoms with Gasteiger partial charge in [-0.3, -0.25) is 4.79 Å². The Morgan fingerprint density at radius 2 is 2.32 bits per heavy atom. The topological polar surface area (TPSA) is 79.5 Å². The summed E-state index contributed by atoms with van der Waals surface area (Å²) in [4.78, 5) is 14.4. The van der Waals surface area contributed by atoms with E-state index in [9.17, 15) is 9.90 Å². The molecule has 1 unspecified atom stereocenters. The van der Waals surface area contributed by atoms with E-state index in [0.29, 0.717) is 24.4 Å². The van der Waals surface area contributed by atoms with Gasteiger partial charge in [-0.05, 0) is 39.0 Å². The summed E-state index contributed by atoms with van der Waals surface area (Å²) < 4.78 is 4.63. The zero-order valence-electron chi connectivity index (χ0n) is 11.1. The average Bonchev–Trinajstić information content (AvgIpc) is 2.72. The lowest BCUT2D eigenvalue weighted by atomic mass is 9.69. The fraction of sp³-hybridized carbons (Fsp3) is 0.769. The Bertz CT molecular complexity index is 481. The Morgan fingerprint density at radius 3 is 2.89 bits per heavy atom. The third-order valence-electron chi connectivity index (χ3n) is 4.52. The van der Waals surface area contributed by atoms with Crippen molar-refractivity contribution in [1.29, 1.82) is 0 Å². The molecule has 1 N–H and O–H groups in total. The minimum absolute atomic E-state index is 0.0744. The van der Waals surface area contributed by atoms with Gasteiger partial charge in [-0.1, -0.05) is 10.3 Å². The molecule has 1 spiro atoms. The van der Waals surface area contributed by atoms with E-state index in [1.165, 1.54) is 0 Å². The highest BCUT2D eigenvalue weighted by Crippen LogP contribution is 2.44.